The molecular formula is C14H20N4O3. The van der Waals surface area contributed by atoms with Gasteiger partial charge in [-0.15, -0.1) is 0 Å². The van der Waals surface area contributed by atoms with E-state index in [-0.39, 0.29) is 17.6 Å². The van der Waals surface area contributed by atoms with Crippen molar-refractivity contribution in [2.45, 2.75) is 25.8 Å². The van der Waals surface area contributed by atoms with Crippen LogP contribution in [0.3, 0.4) is 0 Å². The zero-order valence-electron chi connectivity index (χ0n) is 12.3. The molecule has 1 unspecified atom stereocenters. The van der Waals surface area contributed by atoms with Crippen molar-refractivity contribution in [3.05, 3.63) is 28.3 Å². The summed E-state index contributed by atoms with van der Waals surface area (Å²) in [6.07, 6.45) is 1.24. The summed E-state index contributed by atoms with van der Waals surface area (Å²) in [6, 6.07) is 5.01. The second-order valence-corrected chi connectivity index (χ2v) is 5.21. The van der Waals surface area contributed by atoms with Crippen LogP contribution in [0.1, 0.15) is 19.8 Å². The van der Waals surface area contributed by atoms with Crippen molar-refractivity contribution in [2.75, 3.05) is 30.8 Å². The highest BCUT2D eigenvalue weighted by Gasteiger charge is 2.23. The molecule has 1 aromatic carbocycles. The van der Waals surface area contributed by atoms with Gasteiger partial charge in [-0.1, -0.05) is 0 Å². The maximum Gasteiger partial charge on any atom is 0.273 e. The third-order valence-corrected chi connectivity index (χ3v) is 3.51. The Balaban J connectivity index is 2.15. The van der Waals surface area contributed by atoms with E-state index in [9.17, 15) is 14.9 Å². The molecule has 2 rings (SSSR count). The third-order valence-electron chi connectivity index (χ3n) is 3.51. The molecule has 1 fully saturated rings. The molecule has 1 amide bonds. The van der Waals surface area contributed by atoms with Crippen molar-refractivity contribution in [3.8, 4) is 0 Å². The largest absolute Gasteiger partial charge is 0.385 e. The first-order valence-electron chi connectivity index (χ1n) is 7.03. The van der Waals surface area contributed by atoms with Gasteiger partial charge >= 0.3 is 0 Å². The second kappa shape index (κ2) is 6.43. The van der Waals surface area contributed by atoms with Crippen molar-refractivity contribution >= 4 is 23.0 Å². The first-order chi connectivity index (χ1) is 9.99. The standard InChI is InChI=1S/C14H20N4O3/c1-3-15-11-6-12(8-13(7-11)18(20)21)16-10-4-5-14(19)17(2)9-10/h6-8,10,15-16H,3-5,9H2,1-2H3. The van der Waals surface area contributed by atoms with Crippen molar-refractivity contribution < 1.29 is 9.72 Å². The van der Waals surface area contributed by atoms with E-state index in [0.29, 0.717) is 25.2 Å². The lowest BCUT2D eigenvalue weighted by molar-refractivity contribution is -0.384. The lowest BCUT2D eigenvalue weighted by Crippen LogP contribution is -2.43. The van der Waals surface area contributed by atoms with Gasteiger partial charge in [0, 0.05) is 56.1 Å². The van der Waals surface area contributed by atoms with Gasteiger partial charge in [-0.05, 0) is 19.4 Å². The minimum absolute atomic E-state index is 0.0520. The smallest absolute Gasteiger partial charge is 0.273 e. The number of hydrogen-bond acceptors (Lipinski definition) is 5. The molecule has 1 aliphatic heterocycles. The fourth-order valence-corrected chi connectivity index (χ4v) is 2.47. The molecule has 0 aliphatic carbocycles. The first-order valence-corrected chi connectivity index (χ1v) is 7.03. The van der Waals surface area contributed by atoms with Crippen LogP contribution in [-0.2, 0) is 4.79 Å². The van der Waals surface area contributed by atoms with Gasteiger partial charge < -0.3 is 15.5 Å². The van der Waals surface area contributed by atoms with E-state index < -0.39 is 4.92 Å². The summed E-state index contributed by atoms with van der Waals surface area (Å²) in [4.78, 5) is 23.8. The average Bonchev–Trinajstić information content (AvgIpc) is 2.43. The molecule has 1 aliphatic rings. The number of nitro benzene ring substituents is 1. The third kappa shape index (κ3) is 3.84. The first kappa shape index (κ1) is 15.1. The van der Waals surface area contributed by atoms with Gasteiger partial charge in [-0.25, -0.2) is 0 Å². The highest BCUT2D eigenvalue weighted by molar-refractivity contribution is 5.77. The molecular weight excluding hydrogens is 272 g/mol. The molecule has 7 heteroatoms. The maximum atomic E-state index is 11.5. The molecule has 2 N–H and O–H groups in total. The van der Waals surface area contributed by atoms with E-state index in [1.807, 2.05) is 13.0 Å². The van der Waals surface area contributed by atoms with Gasteiger partial charge in [0.1, 0.15) is 0 Å². The van der Waals surface area contributed by atoms with Crippen LogP contribution in [0, 0.1) is 10.1 Å². The molecule has 1 heterocycles. The molecule has 0 saturated carbocycles. The molecule has 114 valence electrons. The summed E-state index contributed by atoms with van der Waals surface area (Å²) in [7, 11) is 1.77. The zero-order chi connectivity index (χ0) is 15.4. The number of hydrogen-bond donors (Lipinski definition) is 2. The Morgan fingerprint density at radius 3 is 2.71 bits per heavy atom. The van der Waals surface area contributed by atoms with Gasteiger partial charge in [0.05, 0.1) is 4.92 Å². The van der Waals surface area contributed by atoms with E-state index in [2.05, 4.69) is 10.6 Å². The number of benzene rings is 1. The Morgan fingerprint density at radius 1 is 1.38 bits per heavy atom. The Morgan fingerprint density at radius 2 is 2.10 bits per heavy atom. The number of carbonyl (C=O) groups excluding carboxylic acids is 1. The number of nitrogens with zero attached hydrogens (tertiary/aromatic N) is 2. The molecule has 0 aromatic heterocycles. The summed E-state index contributed by atoms with van der Waals surface area (Å²) < 4.78 is 0. The number of likely N-dealkylation sites (tertiary alicyclic amines) is 1. The van der Waals surface area contributed by atoms with E-state index in [1.165, 1.54) is 12.1 Å². The lowest BCUT2D eigenvalue weighted by Gasteiger charge is -2.30. The number of piperidine rings is 1. The summed E-state index contributed by atoms with van der Waals surface area (Å²) >= 11 is 0. The summed E-state index contributed by atoms with van der Waals surface area (Å²) in [6.45, 7) is 3.24. The van der Waals surface area contributed by atoms with Gasteiger partial charge in [0.15, 0.2) is 0 Å². The normalized spacial score (nSPS) is 18.5. The minimum Gasteiger partial charge on any atom is -0.385 e. The lowest BCUT2D eigenvalue weighted by atomic mass is 10.1. The number of nitrogens with one attached hydrogen (secondary N) is 2. The van der Waals surface area contributed by atoms with E-state index >= 15 is 0 Å². The monoisotopic (exact) mass is 292 g/mol. The Bertz CT molecular complexity index is 547. The predicted octanol–water partition coefficient (Wildman–Crippen LogP) is 2.06. The molecule has 1 aromatic rings. The molecule has 0 bridgehead atoms. The van der Waals surface area contributed by atoms with Gasteiger partial charge in [-0.3, -0.25) is 14.9 Å². The minimum atomic E-state index is -0.400. The number of non-ortho nitro benzene ring substituents is 1. The SMILES string of the molecule is CCNc1cc(NC2CCC(=O)N(C)C2)cc([N+](=O)[O-])c1. The average molecular weight is 292 g/mol. The number of nitro groups is 1. The highest BCUT2D eigenvalue weighted by Crippen LogP contribution is 2.26. The van der Waals surface area contributed by atoms with Crippen LogP contribution in [0.5, 0.6) is 0 Å². The van der Waals surface area contributed by atoms with E-state index in [1.54, 1.807) is 11.9 Å². The fraction of sp³-hybridized carbons (Fsp3) is 0.500. The van der Waals surface area contributed by atoms with Crippen LogP contribution in [0.2, 0.25) is 0 Å². The Kier molecular flexibility index (Phi) is 4.62. The van der Waals surface area contributed by atoms with Crippen LogP contribution in [-0.4, -0.2) is 41.9 Å². The molecule has 0 radical (unpaired) electrons. The number of anilines is 2. The maximum absolute atomic E-state index is 11.5. The van der Waals surface area contributed by atoms with Crippen molar-refractivity contribution in [2.24, 2.45) is 0 Å². The van der Waals surface area contributed by atoms with Gasteiger partial charge in [0.25, 0.3) is 5.69 Å². The molecule has 7 nitrogen and oxygen atoms in total. The van der Waals surface area contributed by atoms with Crippen LogP contribution >= 0.6 is 0 Å². The second-order valence-electron chi connectivity index (χ2n) is 5.21. The number of carbonyl (C=O) groups is 1. The predicted molar refractivity (Wildman–Crippen MR) is 81.5 cm³/mol. The van der Waals surface area contributed by atoms with Crippen molar-refractivity contribution in [1.82, 2.24) is 4.90 Å². The van der Waals surface area contributed by atoms with E-state index in [4.69, 9.17) is 0 Å². The molecule has 0 spiro atoms. The van der Waals surface area contributed by atoms with Crippen LogP contribution in [0.4, 0.5) is 17.1 Å². The van der Waals surface area contributed by atoms with E-state index in [0.717, 1.165) is 12.1 Å². The fourth-order valence-electron chi connectivity index (χ4n) is 2.47. The number of likely N-dealkylation sites (N-methyl/N-ethyl adjacent to an activating group) is 1. The highest BCUT2D eigenvalue weighted by atomic mass is 16.6. The molecule has 1 saturated heterocycles. The van der Waals surface area contributed by atoms with Gasteiger partial charge in [-0.2, -0.15) is 0 Å². The van der Waals surface area contributed by atoms with Crippen molar-refractivity contribution in [3.63, 3.8) is 0 Å². The topological polar surface area (TPSA) is 87.5 Å². The molecule has 21 heavy (non-hydrogen) atoms. The number of rotatable bonds is 5. The molecule has 1 atom stereocenters. The van der Waals surface area contributed by atoms with Crippen LogP contribution in [0.25, 0.3) is 0 Å². The summed E-state index contributed by atoms with van der Waals surface area (Å²) in [5.41, 5.74) is 1.47. The Hall–Kier alpha value is -2.31. The Labute approximate surface area is 123 Å². The summed E-state index contributed by atoms with van der Waals surface area (Å²) in [5.74, 6) is 0.139. The van der Waals surface area contributed by atoms with Gasteiger partial charge in [0.2, 0.25) is 5.91 Å². The number of amides is 1. The zero-order valence-corrected chi connectivity index (χ0v) is 12.3. The summed E-state index contributed by atoms with van der Waals surface area (Å²) in [5, 5.41) is 17.4. The van der Waals surface area contributed by atoms with Crippen molar-refractivity contribution in [1.29, 1.82) is 0 Å². The van der Waals surface area contributed by atoms with Crippen LogP contribution in [0.15, 0.2) is 18.2 Å². The quantitative estimate of drug-likeness (QED) is 0.640. The van der Waals surface area contributed by atoms with Crippen LogP contribution < -0.4 is 10.6 Å².